The standard InChI is InChI=1S/C49H76NO8P/c1-3-5-7-9-11-13-15-17-19-21-23-25-27-29-31-33-35-37-39-41-48(51)55-45-47(46-57-59(53,54)56-44-43-50)58-49(52)42-40-38-36-34-32-30-28-26-24-22-20-18-16-14-12-10-8-6-4-2/h5,7,11-14,17-20,23-26,29-32,35-38,47H,3-4,6,8-10,15-16,21-22,27-28,33-34,39-46,50H2,1-2H3,(H,53,54). The van der Waals surface area contributed by atoms with Gasteiger partial charge in [0.05, 0.1) is 13.2 Å². The summed E-state index contributed by atoms with van der Waals surface area (Å²) in [7, 11) is -4.42. The molecule has 330 valence electrons. The largest absolute Gasteiger partial charge is 0.472 e. The number of ether oxygens (including phenoxy) is 2. The molecule has 0 aromatic carbocycles. The average Bonchev–Trinajstić information content (AvgIpc) is 3.22. The van der Waals surface area contributed by atoms with Crippen LogP contribution < -0.4 is 5.73 Å². The topological polar surface area (TPSA) is 134 Å². The summed E-state index contributed by atoms with van der Waals surface area (Å²) in [6.45, 7) is 3.38. The zero-order valence-electron chi connectivity index (χ0n) is 36.2. The summed E-state index contributed by atoms with van der Waals surface area (Å²) in [5.74, 6) is -1.04. The van der Waals surface area contributed by atoms with Gasteiger partial charge in [0.25, 0.3) is 0 Å². The number of nitrogens with two attached hydrogens (primary N) is 1. The van der Waals surface area contributed by atoms with Crippen molar-refractivity contribution in [1.82, 2.24) is 0 Å². The van der Waals surface area contributed by atoms with Gasteiger partial charge in [-0.05, 0) is 89.9 Å². The van der Waals surface area contributed by atoms with Gasteiger partial charge in [0.2, 0.25) is 0 Å². The van der Waals surface area contributed by atoms with Crippen molar-refractivity contribution in [3.05, 3.63) is 134 Å². The molecule has 0 heterocycles. The number of carbonyl (C=O) groups excluding carboxylic acids is 2. The van der Waals surface area contributed by atoms with Gasteiger partial charge >= 0.3 is 19.8 Å². The molecule has 0 aliphatic rings. The van der Waals surface area contributed by atoms with Crippen LogP contribution in [0.3, 0.4) is 0 Å². The molecular formula is C49H76NO8P. The van der Waals surface area contributed by atoms with E-state index in [9.17, 15) is 19.0 Å². The second-order valence-corrected chi connectivity index (χ2v) is 14.9. The van der Waals surface area contributed by atoms with Crippen LogP contribution in [-0.4, -0.2) is 49.3 Å². The van der Waals surface area contributed by atoms with Gasteiger partial charge in [-0.1, -0.05) is 160 Å². The maximum Gasteiger partial charge on any atom is 0.472 e. The van der Waals surface area contributed by atoms with E-state index < -0.39 is 32.5 Å². The molecule has 0 saturated carbocycles. The number of phosphoric ester groups is 1. The van der Waals surface area contributed by atoms with Crippen molar-refractivity contribution >= 4 is 19.8 Å². The summed E-state index contributed by atoms with van der Waals surface area (Å²) in [6, 6.07) is 0. The third-order valence-corrected chi connectivity index (χ3v) is 9.03. The lowest BCUT2D eigenvalue weighted by atomic mass is 10.2. The Labute approximate surface area is 357 Å². The molecule has 0 spiro atoms. The Bertz CT molecular complexity index is 1420. The molecule has 0 saturated heterocycles. The molecule has 0 aliphatic heterocycles. The molecule has 2 unspecified atom stereocenters. The lowest BCUT2D eigenvalue weighted by Gasteiger charge is -2.19. The normalized spacial score (nSPS) is 14.6. The molecule has 0 aromatic rings. The summed E-state index contributed by atoms with van der Waals surface area (Å²) < 4.78 is 32.6. The third-order valence-electron chi connectivity index (χ3n) is 8.05. The smallest absolute Gasteiger partial charge is 0.462 e. The Morgan fingerprint density at radius 3 is 1.32 bits per heavy atom. The molecule has 59 heavy (non-hydrogen) atoms. The molecule has 0 amide bonds. The number of allylic oxidation sites excluding steroid dienone is 22. The summed E-state index contributed by atoms with van der Waals surface area (Å²) >= 11 is 0. The lowest BCUT2D eigenvalue weighted by Crippen LogP contribution is -2.29. The minimum Gasteiger partial charge on any atom is -0.462 e. The first-order chi connectivity index (χ1) is 28.8. The van der Waals surface area contributed by atoms with Crippen LogP contribution in [0, 0.1) is 0 Å². The van der Waals surface area contributed by atoms with E-state index in [1.165, 1.54) is 25.7 Å². The van der Waals surface area contributed by atoms with E-state index in [1.807, 2.05) is 24.3 Å². The molecule has 0 radical (unpaired) electrons. The van der Waals surface area contributed by atoms with E-state index in [1.54, 1.807) is 0 Å². The van der Waals surface area contributed by atoms with Gasteiger partial charge in [0.15, 0.2) is 6.10 Å². The molecule has 0 fully saturated rings. The van der Waals surface area contributed by atoms with Gasteiger partial charge in [-0.2, -0.15) is 0 Å². The van der Waals surface area contributed by atoms with E-state index in [2.05, 4.69) is 123 Å². The fourth-order valence-corrected chi connectivity index (χ4v) is 5.64. The van der Waals surface area contributed by atoms with Crippen molar-refractivity contribution in [2.24, 2.45) is 5.73 Å². The highest BCUT2D eigenvalue weighted by atomic mass is 31.2. The number of phosphoric acid groups is 1. The van der Waals surface area contributed by atoms with E-state index in [0.29, 0.717) is 12.8 Å². The van der Waals surface area contributed by atoms with Crippen molar-refractivity contribution in [3.8, 4) is 0 Å². The predicted molar refractivity (Wildman–Crippen MR) is 247 cm³/mol. The summed E-state index contributed by atoms with van der Waals surface area (Å²) in [6.07, 6.45) is 60.8. The van der Waals surface area contributed by atoms with Crippen LogP contribution in [0.5, 0.6) is 0 Å². The van der Waals surface area contributed by atoms with E-state index in [-0.39, 0.29) is 32.6 Å². The van der Waals surface area contributed by atoms with E-state index in [0.717, 1.165) is 64.2 Å². The quantitative estimate of drug-likeness (QED) is 0.0270. The van der Waals surface area contributed by atoms with Crippen LogP contribution in [0.1, 0.15) is 129 Å². The highest BCUT2D eigenvalue weighted by Gasteiger charge is 2.25. The molecule has 0 aromatic heterocycles. The van der Waals surface area contributed by atoms with Gasteiger partial charge < -0.3 is 20.1 Å². The molecule has 3 N–H and O–H groups in total. The average molecular weight is 838 g/mol. The number of hydrogen-bond acceptors (Lipinski definition) is 8. The second kappa shape index (κ2) is 43.7. The first kappa shape index (κ1) is 55.2. The van der Waals surface area contributed by atoms with Crippen LogP contribution in [0.15, 0.2) is 134 Å². The molecule has 0 aliphatic carbocycles. The Morgan fingerprint density at radius 2 is 0.915 bits per heavy atom. The number of carbonyl (C=O) groups is 2. The molecule has 0 bridgehead atoms. The van der Waals surface area contributed by atoms with Crippen molar-refractivity contribution in [3.63, 3.8) is 0 Å². The summed E-state index contributed by atoms with van der Waals surface area (Å²) in [5, 5.41) is 0. The molecule has 9 nitrogen and oxygen atoms in total. The zero-order valence-corrected chi connectivity index (χ0v) is 37.1. The first-order valence-electron chi connectivity index (χ1n) is 21.7. The zero-order chi connectivity index (χ0) is 43.2. The minimum absolute atomic E-state index is 0.0244. The first-order valence-corrected chi connectivity index (χ1v) is 23.2. The molecule has 2 atom stereocenters. The number of esters is 2. The van der Waals surface area contributed by atoms with Crippen LogP contribution >= 0.6 is 7.82 Å². The van der Waals surface area contributed by atoms with Crippen LogP contribution in [-0.2, 0) is 32.7 Å². The fourth-order valence-electron chi connectivity index (χ4n) is 4.88. The van der Waals surface area contributed by atoms with Gasteiger partial charge in [-0.3, -0.25) is 18.6 Å². The Balaban J connectivity index is 4.44. The SMILES string of the molecule is CCC=CCC=CCC=CCC=CCC=CCC=CCCC(=O)OCC(COP(=O)(O)OCCN)OC(=O)CCC=CCC=CCC=CCC=CCC=CCCCCC. The van der Waals surface area contributed by atoms with Crippen LogP contribution in [0.25, 0.3) is 0 Å². The van der Waals surface area contributed by atoms with Crippen molar-refractivity contribution in [2.75, 3.05) is 26.4 Å². The minimum atomic E-state index is -4.42. The lowest BCUT2D eigenvalue weighted by molar-refractivity contribution is -0.161. The number of hydrogen-bond donors (Lipinski definition) is 2. The van der Waals surface area contributed by atoms with E-state index >= 15 is 0 Å². The monoisotopic (exact) mass is 838 g/mol. The third kappa shape index (κ3) is 43.6. The maximum atomic E-state index is 12.6. The summed E-state index contributed by atoms with van der Waals surface area (Å²) in [5.41, 5.74) is 5.34. The highest BCUT2D eigenvalue weighted by Crippen LogP contribution is 2.43. The van der Waals surface area contributed by atoms with Crippen LogP contribution in [0.4, 0.5) is 0 Å². The van der Waals surface area contributed by atoms with Crippen molar-refractivity contribution in [1.29, 1.82) is 0 Å². The van der Waals surface area contributed by atoms with E-state index in [4.69, 9.17) is 24.3 Å². The van der Waals surface area contributed by atoms with Gasteiger partial charge in [0.1, 0.15) is 6.61 Å². The van der Waals surface area contributed by atoms with Gasteiger partial charge in [0, 0.05) is 19.4 Å². The van der Waals surface area contributed by atoms with Crippen molar-refractivity contribution in [2.45, 2.75) is 136 Å². The molecule has 0 rings (SSSR count). The number of unbranched alkanes of at least 4 members (excludes halogenated alkanes) is 3. The fraction of sp³-hybridized carbons (Fsp3) is 0.510. The van der Waals surface area contributed by atoms with Crippen LogP contribution in [0.2, 0.25) is 0 Å². The maximum absolute atomic E-state index is 12.6. The second-order valence-electron chi connectivity index (χ2n) is 13.5. The Kier molecular flexibility index (Phi) is 40.9. The van der Waals surface area contributed by atoms with Gasteiger partial charge in [-0.15, -0.1) is 0 Å². The predicted octanol–water partition coefficient (Wildman–Crippen LogP) is 12.7. The highest BCUT2D eigenvalue weighted by molar-refractivity contribution is 7.47. The number of rotatable bonds is 38. The molecule has 10 heteroatoms. The van der Waals surface area contributed by atoms with Gasteiger partial charge in [-0.25, -0.2) is 4.57 Å². The van der Waals surface area contributed by atoms with Crippen molar-refractivity contribution < 1.29 is 37.6 Å². The Hall–Kier alpha value is -3.85. The Morgan fingerprint density at radius 1 is 0.525 bits per heavy atom. The molecular weight excluding hydrogens is 762 g/mol. The summed E-state index contributed by atoms with van der Waals surface area (Å²) in [4.78, 5) is 34.8.